The molecule has 74 valence electrons. The molecule has 0 saturated carbocycles. The summed E-state index contributed by atoms with van der Waals surface area (Å²) >= 11 is 5.45. The van der Waals surface area contributed by atoms with Gasteiger partial charge >= 0.3 is 0 Å². The highest BCUT2D eigenvalue weighted by atomic mass is 79.9. The fourth-order valence-electron chi connectivity index (χ4n) is 2.02. The molecule has 3 aromatic rings. The van der Waals surface area contributed by atoms with Crippen LogP contribution in [0.4, 0.5) is 0 Å². The smallest absolute Gasteiger partial charge is 0.0363 e. The minimum absolute atomic E-state index is 1.19. The maximum absolute atomic E-state index is 3.63. The number of aryl methyl sites for hydroxylation is 1. The van der Waals surface area contributed by atoms with Crippen LogP contribution in [0.25, 0.3) is 20.9 Å². The molecule has 2 heteroatoms. The summed E-state index contributed by atoms with van der Waals surface area (Å²) in [4.78, 5) is 0. The first-order valence-electron chi connectivity index (χ1n) is 4.82. The van der Waals surface area contributed by atoms with Gasteiger partial charge in [0.25, 0.3) is 0 Å². The fourth-order valence-corrected chi connectivity index (χ4v) is 3.74. The Balaban J connectivity index is 2.67. The van der Waals surface area contributed by atoms with Gasteiger partial charge in [-0.15, -0.1) is 11.3 Å². The Bertz CT molecular complexity index is 652. The van der Waals surface area contributed by atoms with E-state index in [0.29, 0.717) is 0 Å². The van der Waals surface area contributed by atoms with Crippen molar-refractivity contribution in [3.63, 3.8) is 0 Å². The summed E-state index contributed by atoms with van der Waals surface area (Å²) in [6.45, 7) is 2.18. The number of thiophene rings is 1. The Morgan fingerprint density at radius 1 is 1.13 bits per heavy atom. The molecule has 1 aromatic heterocycles. The normalized spacial score (nSPS) is 11.3. The van der Waals surface area contributed by atoms with E-state index in [1.165, 1.54) is 30.9 Å². The van der Waals surface area contributed by atoms with Gasteiger partial charge in [-0.05, 0) is 34.7 Å². The number of benzene rings is 2. The van der Waals surface area contributed by atoms with E-state index in [2.05, 4.69) is 58.6 Å². The summed E-state index contributed by atoms with van der Waals surface area (Å²) in [5.41, 5.74) is 1.37. The predicted octanol–water partition coefficient (Wildman–Crippen LogP) is 5.13. The van der Waals surface area contributed by atoms with Crippen LogP contribution in [0.1, 0.15) is 5.56 Å². The lowest BCUT2D eigenvalue weighted by atomic mass is 10.0. The number of fused-ring (bicyclic) bond motifs is 3. The minimum Gasteiger partial charge on any atom is -0.143 e. The highest BCUT2D eigenvalue weighted by molar-refractivity contribution is 9.10. The van der Waals surface area contributed by atoms with Gasteiger partial charge in [-0.2, -0.15) is 0 Å². The van der Waals surface area contributed by atoms with Crippen molar-refractivity contribution in [2.75, 3.05) is 0 Å². The van der Waals surface area contributed by atoms with Crippen LogP contribution in [0.5, 0.6) is 0 Å². The van der Waals surface area contributed by atoms with E-state index in [1.54, 1.807) is 0 Å². The summed E-state index contributed by atoms with van der Waals surface area (Å²) in [5, 5.41) is 6.27. The van der Waals surface area contributed by atoms with Crippen molar-refractivity contribution in [3.8, 4) is 0 Å². The predicted molar refractivity (Wildman–Crippen MR) is 71.8 cm³/mol. The number of hydrogen-bond donors (Lipinski definition) is 0. The molecule has 2 aromatic carbocycles. The molecule has 0 fully saturated rings. The molecular weight excluding hydrogens is 268 g/mol. The molecule has 0 bridgehead atoms. The molecule has 0 aliphatic heterocycles. The van der Waals surface area contributed by atoms with E-state index >= 15 is 0 Å². The average Bonchev–Trinajstić information content (AvgIpc) is 2.61. The quantitative estimate of drug-likeness (QED) is 0.534. The second kappa shape index (κ2) is 3.32. The third-order valence-corrected chi connectivity index (χ3v) is 4.42. The maximum atomic E-state index is 3.63. The van der Waals surface area contributed by atoms with Crippen molar-refractivity contribution in [1.82, 2.24) is 0 Å². The van der Waals surface area contributed by atoms with E-state index in [-0.39, 0.29) is 0 Å². The van der Waals surface area contributed by atoms with Crippen LogP contribution in [0.15, 0.2) is 40.2 Å². The van der Waals surface area contributed by atoms with Gasteiger partial charge in [0.1, 0.15) is 0 Å². The first kappa shape index (κ1) is 9.37. The molecule has 0 amide bonds. The van der Waals surface area contributed by atoms with Crippen LogP contribution in [-0.2, 0) is 0 Å². The second-order valence-corrected chi connectivity index (χ2v) is 5.46. The van der Waals surface area contributed by atoms with Crippen LogP contribution in [0.2, 0.25) is 0 Å². The van der Waals surface area contributed by atoms with E-state index in [0.717, 1.165) is 0 Å². The molecule has 0 atom stereocenters. The number of rotatable bonds is 0. The van der Waals surface area contributed by atoms with Crippen molar-refractivity contribution in [2.24, 2.45) is 0 Å². The molecule has 3 rings (SSSR count). The van der Waals surface area contributed by atoms with Crippen molar-refractivity contribution in [1.29, 1.82) is 0 Å². The lowest BCUT2D eigenvalue weighted by Crippen LogP contribution is -1.77. The van der Waals surface area contributed by atoms with E-state index in [1.807, 2.05) is 11.3 Å². The molecule has 0 aliphatic rings. The first-order chi connectivity index (χ1) is 7.27. The standard InChI is InChI=1S/C13H9BrS/c1-8-7-15-12-6-11(14)9-4-2-3-5-10(9)13(8)12/h2-7H,1H3. The minimum atomic E-state index is 1.19. The first-order valence-corrected chi connectivity index (χ1v) is 6.49. The molecule has 0 spiro atoms. The van der Waals surface area contributed by atoms with Gasteiger partial charge in [0, 0.05) is 14.6 Å². The highest BCUT2D eigenvalue weighted by Crippen LogP contribution is 2.36. The Kier molecular flexibility index (Phi) is 2.08. The molecule has 15 heavy (non-hydrogen) atoms. The van der Waals surface area contributed by atoms with E-state index in [4.69, 9.17) is 0 Å². The van der Waals surface area contributed by atoms with Crippen LogP contribution >= 0.6 is 27.3 Å². The van der Waals surface area contributed by atoms with Gasteiger partial charge in [-0.25, -0.2) is 0 Å². The maximum Gasteiger partial charge on any atom is 0.0363 e. The summed E-state index contributed by atoms with van der Waals surface area (Å²) in [6.07, 6.45) is 0. The largest absolute Gasteiger partial charge is 0.143 e. The zero-order valence-electron chi connectivity index (χ0n) is 8.25. The van der Waals surface area contributed by atoms with Gasteiger partial charge in [-0.1, -0.05) is 40.2 Å². The average molecular weight is 277 g/mol. The number of halogens is 1. The van der Waals surface area contributed by atoms with E-state index in [9.17, 15) is 0 Å². The molecule has 0 N–H and O–H groups in total. The lowest BCUT2D eigenvalue weighted by Gasteiger charge is -2.03. The lowest BCUT2D eigenvalue weighted by molar-refractivity contribution is 1.61. The van der Waals surface area contributed by atoms with Gasteiger partial charge in [0.05, 0.1) is 0 Å². The SMILES string of the molecule is Cc1csc2cc(Br)c3ccccc3c12. The second-order valence-electron chi connectivity index (χ2n) is 3.70. The Hall–Kier alpha value is -0.860. The molecule has 1 heterocycles. The topological polar surface area (TPSA) is 0 Å². The summed E-state index contributed by atoms with van der Waals surface area (Å²) in [7, 11) is 0. The molecular formula is C13H9BrS. The van der Waals surface area contributed by atoms with Gasteiger partial charge < -0.3 is 0 Å². The van der Waals surface area contributed by atoms with Crippen molar-refractivity contribution in [3.05, 3.63) is 45.7 Å². The van der Waals surface area contributed by atoms with Crippen molar-refractivity contribution in [2.45, 2.75) is 6.92 Å². The van der Waals surface area contributed by atoms with Gasteiger partial charge in [-0.3, -0.25) is 0 Å². The number of hydrogen-bond acceptors (Lipinski definition) is 1. The fraction of sp³-hybridized carbons (Fsp3) is 0.0769. The molecule has 0 aliphatic carbocycles. The van der Waals surface area contributed by atoms with Crippen LogP contribution in [0, 0.1) is 6.92 Å². The summed E-state index contributed by atoms with van der Waals surface area (Å²) in [6, 6.07) is 10.8. The van der Waals surface area contributed by atoms with Crippen LogP contribution < -0.4 is 0 Å². The highest BCUT2D eigenvalue weighted by Gasteiger charge is 2.07. The third-order valence-electron chi connectivity index (χ3n) is 2.71. The summed E-state index contributed by atoms with van der Waals surface area (Å²) in [5.74, 6) is 0. The zero-order valence-corrected chi connectivity index (χ0v) is 10.7. The Labute approximate surface area is 101 Å². The molecule has 0 radical (unpaired) electrons. The van der Waals surface area contributed by atoms with Gasteiger partial charge in [0.15, 0.2) is 0 Å². The molecule has 0 saturated heterocycles. The van der Waals surface area contributed by atoms with Crippen LogP contribution in [-0.4, -0.2) is 0 Å². The van der Waals surface area contributed by atoms with Crippen molar-refractivity contribution < 1.29 is 0 Å². The Morgan fingerprint density at radius 2 is 1.87 bits per heavy atom. The Morgan fingerprint density at radius 3 is 2.67 bits per heavy atom. The third kappa shape index (κ3) is 1.32. The van der Waals surface area contributed by atoms with E-state index < -0.39 is 0 Å². The summed E-state index contributed by atoms with van der Waals surface area (Å²) < 4.78 is 2.55. The van der Waals surface area contributed by atoms with Gasteiger partial charge in [0.2, 0.25) is 0 Å². The molecule has 0 unspecified atom stereocenters. The monoisotopic (exact) mass is 276 g/mol. The zero-order chi connectivity index (χ0) is 10.4. The van der Waals surface area contributed by atoms with Crippen molar-refractivity contribution >= 4 is 48.1 Å². The molecule has 0 nitrogen and oxygen atoms in total. The van der Waals surface area contributed by atoms with Crippen LogP contribution in [0.3, 0.4) is 0 Å².